The van der Waals surface area contributed by atoms with Crippen LogP contribution in [0.25, 0.3) is 0 Å². The van der Waals surface area contributed by atoms with Crippen LogP contribution >= 0.6 is 0 Å². The zero-order valence-corrected chi connectivity index (χ0v) is 33.1. The molecule has 1 aromatic rings. The van der Waals surface area contributed by atoms with E-state index in [0.717, 1.165) is 24.0 Å². The van der Waals surface area contributed by atoms with Gasteiger partial charge in [-0.3, -0.25) is 19.2 Å². The molecule has 1 saturated heterocycles. The average Bonchev–Trinajstić information content (AvgIpc) is 3.57. The molecule has 3 aliphatic rings. The number of urea groups is 1. The second kappa shape index (κ2) is 15.8. The molecule has 13 nitrogen and oxygen atoms in total. The molecule has 0 bridgehead atoms. The number of benzene rings is 1. The SMILES string of the molecule is CC(C)C1CCN(C(=O)[C@@H](NC(=O)N[C@H](CN(C)S(=O)(=O)C(C)(C)C)C(C)(C)C)C2Cc3ccccc3C2)[C@@H]1C(=O)NC(CC1CC1)C(=O)C(N)=O. The van der Waals surface area contributed by atoms with E-state index in [1.54, 1.807) is 20.8 Å². The predicted molar refractivity (Wildman–Crippen MR) is 199 cm³/mol. The number of Topliss-reactive ketones (excluding diaryl/α,β-unsaturated/α-hetero) is 1. The van der Waals surface area contributed by atoms with Gasteiger partial charge >= 0.3 is 6.03 Å². The molecule has 0 spiro atoms. The van der Waals surface area contributed by atoms with Crippen LogP contribution in [0.2, 0.25) is 0 Å². The largest absolute Gasteiger partial charge is 0.363 e. The monoisotopic (exact) mass is 744 g/mol. The molecular weight excluding hydrogens is 685 g/mol. The van der Waals surface area contributed by atoms with E-state index in [1.165, 1.54) is 16.3 Å². The highest BCUT2D eigenvalue weighted by Crippen LogP contribution is 2.36. The van der Waals surface area contributed by atoms with E-state index in [4.69, 9.17) is 5.73 Å². The standard InChI is InChI=1S/C38H60N6O7S/c1-22(2)27-16-17-44(31(27)34(47)40-28(18-23-14-15-23)32(45)33(39)46)35(48)30(26-19-24-12-10-11-13-25(24)20-26)42-36(49)41-29(37(3,4)5)21-43(9)52(50,51)38(6,7)8/h10-13,22-23,26-31H,14-21H2,1-9H3,(H2,39,46)(H,40,47)(H2,41,42,49)/t27?,28?,29-,30+,31+/m1/s1. The third-order valence-electron chi connectivity index (χ3n) is 11.1. The van der Waals surface area contributed by atoms with Crippen LogP contribution in [0.15, 0.2) is 24.3 Å². The first-order valence-electron chi connectivity index (χ1n) is 18.6. The lowest BCUT2D eigenvalue weighted by molar-refractivity contribution is -0.143. The molecule has 0 radical (unpaired) electrons. The van der Waals surface area contributed by atoms with Crippen molar-refractivity contribution in [1.29, 1.82) is 0 Å². The number of ketones is 1. The van der Waals surface area contributed by atoms with Gasteiger partial charge in [-0.2, -0.15) is 0 Å². The Morgan fingerprint density at radius 2 is 1.50 bits per heavy atom. The molecule has 5 atom stereocenters. The number of nitrogens with two attached hydrogens (primary N) is 1. The lowest BCUT2D eigenvalue weighted by atomic mass is 9.86. The number of hydrogen-bond donors (Lipinski definition) is 4. The third-order valence-corrected chi connectivity index (χ3v) is 13.6. The quantitative estimate of drug-likeness (QED) is 0.211. The minimum absolute atomic E-state index is 0.0144. The second-order valence-electron chi connectivity index (χ2n) is 17.5. The van der Waals surface area contributed by atoms with Crippen molar-refractivity contribution in [3.63, 3.8) is 0 Å². The highest BCUT2D eigenvalue weighted by molar-refractivity contribution is 7.90. The van der Waals surface area contributed by atoms with Crippen molar-refractivity contribution in [3.8, 4) is 0 Å². The number of carbonyl (C=O) groups excluding carboxylic acids is 5. The van der Waals surface area contributed by atoms with Gasteiger partial charge in [0.25, 0.3) is 5.91 Å². The number of sulfonamides is 1. The van der Waals surface area contributed by atoms with Crippen molar-refractivity contribution in [1.82, 2.24) is 25.2 Å². The van der Waals surface area contributed by atoms with Crippen molar-refractivity contribution in [2.45, 2.75) is 123 Å². The summed E-state index contributed by atoms with van der Waals surface area (Å²) in [5.74, 6) is -3.19. The van der Waals surface area contributed by atoms with Crippen LogP contribution in [0.5, 0.6) is 0 Å². The van der Waals surface area contributed by atoms with E-state index < -0.39 is 73.9 Å². The second-order valence-corrected chi connectivity index (χ2v) is 20.3. The zero-order valence-electron chi connectivity index (χ0n) is 32.3. The summed E-state index contributed by atoms with van der Waals surface area (Å²) in [5, 5.41) is 8.74. The Balaban J connectivity index is 1.62. The third kappa shape index (κ3) is 9.52. The van der Waals surface area contributed by atoms with Gasteiger partial charge in [0.15, 0.2) is 0 Å². The van der Waals surface area contributed by atoms with Crippen LogP contribution in [0.4, 0.5) is 4.79 Å². The maximum atomic E-state index is 14.8. The molecule has 0 aromatic heterocycles. The molecule has 1 heterocycles. The van der Waals surface area contributed by atoms with E-state index in [-0.39, 0.29) is 36.8 Å². The summed E-state index contributed by atoms with van der Waals surface area (Å²) in [6, 6.07) is 3.65. The van der Waals surface area contributed by atoms with Crippen molar-refractivity contribution in [3.05, 3.63) is 35.4 Å². The van der Waals surface area contributed by atoms with Gasteiger partial charge in [0, 0.05) is 26.2 Å². The molecule has 5 N–H and O–H groups in total. The fourth-order valence-corrected chi connectivity index (χ4v) is 8.81. The van der Waals surface area contributed by atoms with Crippen LogP contribution in [0, 0.1) is 29.1 Å². The lowest BCUT2D eigenvalue weighted by Gasteiger charge is -2.37. The van der Waals surface area contributed by atoms with Gasteiger partial charge in [0.1, 0.15) is 12.1 Å². The van der Waals surface area contributed by atoms with Gasteiger partial charge in [0.2, 0.25) is 27.6 Å². The Morgan fingerprint density at radius 1 is 0.923 bits per heavy atom. The Labute approximate surface area is 309 Å². The summed E-state index contributed by atoms with van der Waals surface area (Å²) in [5.41, 5.74) is 6.96. The minimum Gasteiger partial charge on any atom is -0.363 e. The number of likely N-dealkylation sites (N-methyl/N-ethyl adjacent to an activating group) is 1. The smallest absolute Gasteiger partial charge is 0.315 e. The number of nitrogens with one attached hydrogen (secondary N) is 3. The van der Waals surface area contributed by atoms with Gasteiger partial charge in [-0.25, -0.2) is 17.5 Å². The molecule has 2 unspecified atom stereocenters. The molecule has 1 saturated carbocycles. The number of carbonyl (C=O) groups is 5. The summed E-state index contributed by atoms with van der Waals surface area (Å²) < 4.78 is 26.7. The number of primary amides is 1. The van der Waals surface area contributed by atoms with Gasteiger partial charge in [-0.15, -0.1) is 0 Å². The maximum absolute atomic E-state index is 14.8. The summed E-state index contributed by atoms with van der Waals surface area (Å²) in [6.07, 6.45) is 3.74. The van der Waals surface area contributed by atoms with E-state index in [1.807, 2.05) is 58.9 Å². The average molecular weight is 745 g/mol. The Morgan fingerprint density at radius 3 is 1.98 bits per heavy atom. The Hall–Kier alpha value is -3.52. The molecule has 1 aromatic carbocycles. The van der Waals surface area contributed by atoms with Crippen molar-refractivity contribution < 1.29 is 32.4 Å². The molecule has 14 heteroatoms. The fraction of sp³-hybridized carbons (Fsp3) is 0.711. The van der Waals surface area contributed by atoms with Crippen molar-refractivity contribution in [2.24, 2.45) is 34.8 Å². The number of hydrogen-bond acceptors (Lipinski definition) is 7. The highest BCUT2D eigenvalue weighted by atomic mass is 32.2. The van der Waals surface area contributed by atoms with Gasteiger partial charge in [-0.1, -0.05) is 71.7 Å². The maximum Gasteiger partial charge on any atom is 0.315 e. The lowest BCUT2D eigenvalue weighted by Crippen LogP contribution is -2.61. The van der Waals surface area contributed by atoms with Crippen molar-refractivity contribution in [2.75, 3.05) is 20.1 Å². The summed E-state index contributed by atoms with van der Waals surface area (Å²) in [6.45, 7) is 14.8. The predicted octanol–water partition coefficient (Wildman–Crippen LogP) is 2.76. The molecule has 5 amide bonds. The molecule has 52 heavy (non-hydrogen) atoms. The van der Waals surface area contributed by atoms with Gasteiger partial charge in [-0.05, 0) is 86.7 Å². The number of amides is 5. The topological polar surface area (TPSA) is 188 Å². The minimum atomic E-state index is -3.69. The normalized spacial score (nSPS) is 21.4. The summed E-state index contributed by atoms with van der Waals surface area (Å²) in [7, 11) is -2.19. The molecule has 1 aliphatic heterocycles. The Bertz CT molecular complexity index is 1600. The molecule has 4 rings (SSSR count). The Kier molecular flexibility index (Phi) is 12.6. The van der Waals surface area contributed by atoms with Crippen molar-refractivity contribution >= 4 is 39.6 Å². The number of likely N-dealkylation sites (tertiary alicyclic amines) is 1. The van der Waals surface area contributed by atoms with E-state index >= 15 is 0 Å². The number of nitrogens with zero attached hydrogens (tertiary/aromatic N) is 2. The van der Waals surface area contributed by atoms with E-state index in [9.17, 15) is 32.4 Å². The van der Waals surface area contributed by atoms with E-state index in [2.05, 4.69) is 16.0 Å². The van der Waals surface area contributed by atoms with Crippen LogP contribution in [0.1, 0.15) is 92.2 Å². The summed E-state index contributed by atoms with van der Waals surface area (Å²) >= 11 is 0. The molecule has 290 valence electrons. The van der Waals surface area contributed by atoms with Crippen LogP contribution in [-0.4, -0.2) is 96.2 Å². The van der Waals surface area contributed by atoms with Gasteiger partial charge in [0.05, 0.1) is 10.8 Å². The van der Waals surface area contributed by atoms with E-state index in [0.29, 0.717) is 25.7 Å². The first kappa shape index (κ1) is 41.2. The van der Waals surface area contributed by atoms with Crippen LogP contribution in [-0.2, 0) is 42.0 Å². The molecule has 2 fully saturated rings. The van der Waals surface area contributed by atoms with Crippen LogP contribution < -0.4 is 21.7 Å². The first-order chi connectivity index (χ1) is 24.0. The number of fused-ring (bicyclic) bond motifs is 1. The fourth-order valence-electron chi connectivity index (χ4n) is 7.53. The molecule has 2 aliphatic carbocycles. The summed E-state index contributed by atoms with van der Waals surface area (Å²) in [4.78, 5) is 69.0. The number of rotatable bonds is 14. The van der Waals surface area contributed by atoms with Crippen LogP contribution in [0.3, 0.4) is 0 Å². The van der Waals surface area contributed by atoms with Gasteiger partial charge < -0.3 is 26.6 Å². The zero-order chi connectivity index (χ0) is 38.9. The highest BCUT2D eigenvalue weighted by Gasteiger charge is 2.48. The first-order valence-corrected chi connectivity index (χ1v) is 20.0. The molecular formula is C38H60N6O7S.